The zero-order valence-electron chi connectivity index (χ0n) is 8.70. The minimum Gasteiger partial charge on any atom is -0.513 e. The summed E-state index contributed by atoms with van der Waals surface area (Å²) in [5.41, 5.74) is 0.387. The Kier molecular flexibility index (Phi) is 4.81. The first-order chi connectivity index (χ1) is 7.77. The number of aromatic nitrogens is 1. The van der Waals surface area contributed by atoms with Crippen LogP contribution in [0.3, 0.4) is 0 Å². The molecule has 0 saturated carbocycles. The van der Waals surface area contributed by atoms with Gasteiger partial charge in [-0.05, 0) is 12.1 Å². The molecule has 0 unspecified atom stereocenters. The van der Waals surface area contributed by atoms with Crippen molar-refractivity contribution < 1.29 is 14.6 Å². The number of hydrogen-bond acceptors (Lipinski definition) is 6. The monoisotopic (exact) mass is 221 g/mol. The molecule has 0 radical (unpaired) electrons. The molecule has 0 aliphatic rings. The normalized spacial score (nSPS) is 11.9. The molecule has 84 valence electrons. The average molecular weight is 221 g/mol. The van der Waals surface area contributed by atoms with E-state index in [4.69, 9.17) is 5.11 Å². The molecule has 0 aliphatic heterocycles. The lowest BCUT2D eigenvalue weighted by atomic mass is 10.3. The van der Waals surface area contributed by atoms with Gasteiger partial charge in [-0.3, -0.25) is 9.78 Å². The fraction of sp³-hybridized carbons (Fsp3) is 0.200. The molecule has 1 rings (SSSR count). The Morgan fingerprint density at radius 2 is 2.25 bits per heavy atom. The van der Waals surface area contributed by atoms with Gasteiger partial charge in [0.2, 0.25) is 5.78 Å². The van der Waals surface area contributed by atoms with Crippen LogP contribution in [0, 0.1) is 0 Å². The molecule has 1 aromatic heterocycles. The summed E-state index contributed by atoms with van der Waals surface area (Å²) in [5, 5.41) is 16.2. The number of azo groups is 1. The van der Waals surface area contributed by atoms with Gasteiger partial charge in [-0.25, -0.2) is 0 Å². The summed E-state index contributed by atoms with van der Waals surface area (Å²) >= 11 is 0. The Bertz CT molecular complexity index is 401. The Labute approximate surface area is 92.3 Å². The number of rotatable bonds is 5. The second kappa shape index (κ2) is 6.41. The Morgan fingerprint density at radius 1 is 1.56 bits per heavy atom. The number of Topliss-reactive ketones (excluding diaryl/α,β-unsaturated/α-hetero) is 1. The number of methoxy groups -OCH3 is 1. The van der Waals surface area contributed by atoms with Crippen LogP contribution in [0.15, 0.2) is 46.7 Å². The highest BCUT2D eigenvalue weighted by molar-refractivity contribution is 5.95. The first-order valence-electron chi connectivity index (χ1n) is 4.46. The zero-order chi connectivity index (χ0) is 11.8. The van der Waals surface area contributed by atoms with E-state index in [1.54, 1.807) is 24.5 Å². The largest absolute Gasteiger partial charge is 0.513 e. The standard InChI is InChI=1S/C10H11N3O3/c1-16-7-10(15)9(6-14)13-12-8-2-4-11-5-3-8/h2-6,14H,7H2,1H3. The molecule has 1 heterocycles. The minimum atomic E-state index is -0.442. The number of aliphatic hydroxyl groups excluding tert-OH is 1. The van der Waals surface area contributed by atoms with Crippen LogP contribution in [0.25, 0.3) is 0 Å². The van der Waals surface area contributed by atoms with Gasteiger partial charge in [-0.15, -0.1) is 5.11 Å². The van der Waals surface area contributed by atoms with Crippen molar-refractivity contribution in [3.8, 4) is 0 Å². The third-order valence-electron chi connectivity index (χ3n) is 1.62. The van der Waals surface area contributed by atoms with Crippen LogP contribution in [-0.4, -0.2) is 29.6 Å². The van der Waals surface area contributed by atoms with Gasteiger partial charge in [0, 0.05) is 19.5 Å². The fourth-order valence-corrected chi connectivity index (χ4v) is 0.881. The molecule has 0 aliphatic carbocycles. The molecule has 0 amide bonds. The second-order valence-electron chi connectivity index (χ2n) is 2.78. The highest BCUT2D eigenvalue weighted by atomic mass is 16.5. The van der Waals surface area contributed by atoms with Crippen molar-refractivity contribution in [2.75, 3.05) is 13.7 Å². The molecule has 16 heavy (non-hydrogen) atoms. The summed E-state index contributed by atoms with van der Waals surface area (Å²) < 4.78 is 4.63. The number of pyridine rings is 1. The van der Waals surface area contributed by atoms with E-state index in [-0.39, 0.29) is 12.3 Å². The maximum atomic E-state index is 11.3. The number of carbonyl (C=O) groups is 1. The molecular weight excluding hydrogens is 210 g/mol. The van der Waals surface area contributed by atoms with Crippen molar-refractivity contribution in [1.29, 1.82) is 0 Å². The topological polar surface area (TPSA) is 84.1 Å². The van der Waals surface area contributed by atoms with Crippen molar-refractivity contribution in [3.63, 3.8) is 0 Å². The van der Waals surface area contributed by atoms with E-state index in [2.05, 4.69) is 19.9 Å². The van der Waals surface area contributed by atoms with Crippen molar-refractivity contribution in [2.24, 2.45) is 10.2 Å². The number of carbonyl (C=O) groups excluding carboxylic acids is 1. The van der Waals surface area contributed by atoms with E-state index in [9.17, 15) is 4.79 Å². The predicted molar refractivity (Wildman–Crippen MR) is 56.3 cm³/mol. The van der Waals surface area contributed by atoms with Gasteiger partial charge in [-0.2, -0.15) is 5.11 Å². The number of ether oxygens (including phenoxy) is 1. The lowest BCUT2D eigenvalue weighted by molar-refractivity contribution is -0.119. The maximum Gasteiger partial charge on any atom is 0.211 e. The van der Waals surface area contributed by atoms with E-state index >= 15 is 0 Å². The van der Waals surface area contributed by atoms with Gasteiger partial charge in [0.1, 0.15) is 12.9 Å². The van der Waals surface area contributed by atoms with Gasteiger partial charge in [-0.1, -0.05) is 0 Å². The molecule has 0 fully saturated rings. The highest BCUT2D eigenvalue weighted by Gasteiger charge is 2.08. The van der Waals surface area contributed by atoms with Crippen molar-refractivity contribution in [2.45, 2.75) is 0 Å². The van der Waals surface area contributed by atoms with Crippen LogP contribution < -0.4 is 0 Å². The molecule has 0 atom stereocenters. The molecule has 6 heteroatoms. The smallest absolute Gasteiger partial charge is 0.211 e. The molecule has 0 bridgehead atoms. The van der Waals surface area contributed by atoms with E-state index in [1.807, 2.05) is 0 Å². The summed E-state index contributed by atoms with van der Waals surface area (Å²) in [6.45, 7) is -0.151. The van der Waals surface area contributed by atoms with Crippen molar-refractivity contribution in [1.82, 2.24) is 4.98 Å². The summed E-state index contributed by atoms with van der Waals surface area (Å²) in [7, 11) is 1.38. The van der Waals surface area contributed by atoms with Gasteiger partial charge in [0.25, 0.3) is 0 Å². The van der Waals surface area contributed by atoms with E-state index in [0.717, 1.165) is 0 Å². The van der Waals surface area contributed by atoms with E-state index in [1.165, 1.54) is 7.11 Å². The molecule has 1 N–H and O–H groups in total. The number of ketones is 1. The van der Waals surface area contributed by atoms with Gasteiger partial charge in [0.05, 0.1) is 5.69 Å². The van der Waals surface area contributed by atoms with Crippen molar-refractivity contribution in [3.05, 3.63) is 36.5 Å². The lowest BCUT2D eigenvalue weighted by Gasteiger charge is -1.96. The summed E-state index contributed by atoms with van der Waals surface area (Å²) in [6, 6.07) is 3.25. The van der Waals surface area contributed by atoms with E-state index in [0.29, 0.717) is 11.9 Å². The van der Waals surface area contributed by atoms with Gasteiger partial charge < -0.3 is 9.84 Å². The van der Waals surface area contributed by atoms with E-state index < -0.39 is 5.78 Å². The lowest BCUT2D eigenvalue weighted by Crippen LogP contribution is -2.08. The van der Waals surface area contributed by atoms with Crippen LogP contribution in [0.4, 0.5) is 5.69 Å². The zero-order valence-corrected chi connectivity index (χ0v) is 8.70. The van der Waals surface area contributed by atoms with Crippen LogP contribution in [0.2, 0.25) is 0 Å². The molecular formula is C10H11N3O3. The number of hydrogen-bond donors (Lipinski definition) is 1. The third-order valence-corrected chi connectivity index (χ3v) is 1.62. The fourth-order valence-electron chi connectivity index (χ4n) is 0.881. The highest BCUT2D eigenvalue weighted by Crippen LogP contribution is 2.11. The second-order valence-corrected chi connectivity index (χ2v) is 2.78. The average Bonchev–Trinajstić information content (AvgIpc) is 2.31. The first-order valence-corrected chi connectivity index (χ1v) is 4.46. The van der Waals surface area contributed by atoms with Crippen LogP contribution >= 0.6 is 0 Å². The van der Waals surface area contributed by atoms with Gasteiger partial charge in [0.15, 0.2) is 5.70 Å². The first kappa shape index (κ1) is 12.0. The molecule has 1 aromatic rings. The van der Waals surface area contributed by atoms with Gasteiger partial charge >= 0.3 is 0 Å². The molecule has 0 spiro atoms. The summed E-state index contributed by atoms with van der Waals surface area (Å²) in [5.74, 6) is -0.442. The summed E-state index contributed by atoms with van der Waals surface area (Å²) in [6.07, 6.45) is 3.70. The SMILES string of the molecule is COCC(=O)C(=CO)N=Nc1ccncc1. The Balaban J connectivity index is 2.72. The van der Waals surface area contributed by atoms with Crippen LogP contribution in [0.5, 0.6) is 0 Å². The number of aliphatic hydroxyl groups is 1. The quantitative estimate of drug-likeness (QED) is 0.466. The number of nitrogens with zero attached hydrogens (tertiary/aromatic N) is 3. The Hall–Kier alpha value is -2.08. The van der Waals surface area contributed by atoms with Crippen LogP contribution in [-0.2, 0) is 9.53 Å². The molecule has 0 aromatic carbocycles. The van der Waals surface area contributed by atoms with Crippen molar-refractivity contribution >= 4 is 11.5 Å². The molecule has 0 saturated heterocycles. The predicted octanol–water partition coefficient (Wildman–Crippen LogP) is 1.78. The molecule has 6 nitrogen and oxygen atoms in total. The van der Waals surface area contributed by atoms with Crippen LogP contribution in [0.1, 0.15) is 0 Å². The summed E-state index contributed by atoms with van der Waals surface area (Å²) in [4.78, 5) is 15.1. The third kappa shape index (κ3) is 3.58. The maximum absolute atomic E-state index is 11.3. The minimum absolute atomic E-state index is 0.151. The Morgan fingerprint density at radius 3 is 2.81 bits per heavy atom.